The summed E-state index contributed by atoms with van der Waals surface area (Å²) in [5, 5.41) is 9.12. The first-order valence-corrected chi connectivity index (χ1v) is 8.48. The zero-order chi connectivity index (χ0) is 18.1. The van der Waals surface area contributed by atoms with E-state index < -0.39 is 5.60 Å². The number of ether oxygens (including phenoxy) is 1. The van der Waals surface area contributed by atoms with Crippen molar-refractivity contribution in [2.45, 2.75) is 59.0 Å². The minimum atomic E-state index is -0.509. The molecular formula is C20H29NO3. The van der Waals surface area contributed by atoms with E-state index in [1.165, 1.54) is 0 Å². The lowest BCUT2D eigenvalue weighted by atomic mass is 9.77. The molecule has 0 radical (unpaired) electrons. The number of benzene rings is 1. The lowest BCUT2D eigenvalue weighted by molar-refractivity contribution is 0.0574. The van der Waals surface area contributed by atoms with Crippen LogP contribution in [0.1, 0.15) is 59.1 Å². The van der Waals surface area contributed by atoms with Crippen molar-refractivity contribution >= 4 is 17.4 Å². The molecule has 1 N–H and O–H groups in total. The summed E-state index contributed by atoms with van der Waals surface area (Å²) in [4.78, 5) is 14.3. The zero-order valence-corrected chi connectivity index (χ0v) is 15.6. The second-order valence-corrected chi connectivity index (χ2v) is 8.07. The van der Waals surface area contributed by atoms with Gasteiger partial charge in [-0.2, -0.15) is 0 Å². The van der Waals surface area contributed by atoms with Crippen LogP contribution < -0.4 is 4.90 Å². The van der Waals surface area contributed by atoms with E-state index in [-0.39, 0.29) is 18.1 Å². The molecule has 0 fully saturated rings. The number of amides is 1. The fraction of sp³-hybridized carbons (Fsp3) is 0.550. The van der Waals surface area contributed by atoms with E-state index in [0.717, 1.165) is 28.8 Å². The maximum Gasteiger partial charge on any atom is 0.414 e. The highest BCUT2D eigenvalue weighted by atomic mass is 16.6. The Kier molecular flexibility index (Phi) is 5.09. The summed E-state index contributed by atoms with van der Waals surface area (Å²) in [5.74, 6) is 0. The van der Waals surface area contributed by atoms with Crippen LogP contribution in [0.3, 0.4) is 0 Å². The number of hydrogen-bond donors (Lipinski definition) is 1. The van der Waals surface area contributed by atoms with Crippen LogP contribution in [0.4, 0.5) is 10.5 Å². The summed E-state index contributed by atoms with van der Waals surface area (Å²) >= 11 is 0. The van der Waals surface area contributed by atoms with Crippen molar-refractivity contribution in [2.24, 2.45) is 0 Å². The average Bonchev–Trinajstić information content (AvgIpc) is 2.45. The standard InChI is InChI=1S/C20H29NO3/c1-14(9-12-22)15-7-8-17-16(13-15)20(5,6)10-11-21(17)18(23)24-19(2,3)4/h7-9,13,22H,10-12H2,1-6H3/b14-9-. The van der Waals surface area contributed by atoms with Gasteiger partial charge in [0.1, 0.15) is 5.60 Å². The molecule has 132 valence electrons. The molecule has 1 aliphatic heterocycles. The molecule has 1 heterocycles. The fourth-order valence-corrected chi connectivity index (χ4v) is 2.97. The SMILES string of the molecule is C/C(=C/CO)c1ccc2c(c1)C(C)(C)CCN2C(=O)OC(C)(C)C. The van der Waals surface area contributed by atoms with Crippen molar-refractivity contribution in [2.75, 3.05) is 18.1 Å². The average molecular weight is 331 g/mol. The predicted molar refractivity (Wildman–Crippen MR) is 98.4 cm³/mol. The van der Waals surface area contributed by atoms with Crippen LogP contribution in [-0.2, 0) is 10.2 Å². The molecule has 0 unspecified atom stereocenters. The summed E-state index contributed by atoms with van der Waals surface area (Å²) in [7, 11) is 0. The van der Waals surface area contributed by atoms with E-state index >= 15 is 0 Å². The Balaban J connectivity index is 2.44. The number of aliphatic hydroxyl groups is 1. The van der Waals surface area contributed by atoms with Crippen LogP contribution in [0.15, 0.2) is 24.3 Å². The van der Waals surface area contributed by atoms with Crippen molar-refractivity contribution in [1.29, 1.82) is 0 Å². The van der Waals surface area contributed by atoms with Gasteiger partial charge in [-0.05, 0) is 68.4 Å². The Bertz CT molecular complexity index is 653. The molecule has 0 saturated heterocycles. The molecule has 24 heavy (non-hydrogen) atoms. The first kappa shape index (κ1) is 18.5. The van der Waals surface area contributed by atoms with E-state index in [1.54, 1.807) is 11.0 Å². The highest BCUT2D eigenvalue weighted by Gasteiger charge is 2.35. The fourth-order valence-electron chi connectivity index (χ4n) is 2.97. The summed E-state index contributed by atoms with van der Waals surface area (Å²) in [6.45, 7) is 12.7. The van der Waals surface area contributed by atoms with Crippen LogP contribution in [0.25, 0.3) is 5.57 Å². The lowest BCUT2D eigenvalue weighted by Gasteiger charge is -2.39. The summed E-state index contributed by atoms with van der Waals surface area (Å²) in [6.07, 6.45) is 2.38. The second-order valence-electron chi connectivity index (χ2n) is 8.07. The van der Waals surface area contributed by atoms with Gasteiger partial charge in [0, 0.05) is 6.54 Å². The molecule has 1 aromatic carbocycles. The molecule has 0 atom stereocenters. The number of rotatable bonds is 2. The van der Waals surface area contributed by atoms with Crippen molar-refractivity contribution in [1.82, 2.24) is 0 Å². The third-order valence-corrected chi connectivity index (χ3v) is 4.44. The van der Waals surface area contributed by atoms with Gasteiger partial charge < -0.3 is 9.84 Å². The number of aliphatic hydroxyl groups excluding tert-OH is 1. The number of hydrogen-bond acceptors (Lipinski definition) is 3. The molecule has 0 bridgehead atoms. The second kappa shape index (κ2) is 6.60. The molecule has 2 rings (SSSR count). The number of allylic oxidation sites excluding steroid dienone is 1. The van der Waals surface area contributed by atoms with E-state index in [9.17, 15) is 4.79 Å². The lowest BCUT2D eigenvalue weighted by Crippen LogP contribution is -2.43. The van der Waals surface area contributed by atoms with E-state index in [4.69, 9.17) is 9.84 Å². The topological polar surface area (TPSA) is 49.8 Å². The molecule has 4 nitrogen and oxygen atoms in total. The molecule has 0 spiro atoms. The minimum absolute atomic E-state index is 0.0106. The van der Waals surface area contributed by atoms with Crippen LogP contribution in [-0.4, -0.2) is 30.0 Å². The van der Waals surface area contributed by atoms with Crippen molar-refractivity contribution in [3.05, 3.63) is 35.4 Å². The number of carbonyl (C=O) groups is 1. The molecular weight excluding hydrogens is 302 g/mol. The minimum Gasteiger partial charge on any atom is -0.443 e. The molecule has 1 aliphatic rings. The van der Waals surface area contributed by atoms with Crippen molar-refractivity contribution in [3.8, 4) is 0 Å². The van der Waals surface area contributed by atoms with Crippen molar-refractivity contribution < 1.29 is 14.6 Å². The first-order valence-electron chi connectivity index (χ1n) is 8.48. The Morgan fingerprint density at radius 3 is 2.62 bits per heavy atom. The molecule has 1 amide bonds. The van der Waals surface area contributed by atoms with Crippen LogP contribution >= 0.6 is 0 Å². The number of nitrogens with zero attached hydrogens (tertiary/aromatic N) is 1. The summed E-state index contributed by atoms with van der Waals surface area (Å²) in [5.41, 5.74) is 3.64. The Labute approximate surface area is 145 Å². The summed E-state index contributed by atoms with van der Waals surface area (Å²) < 4.78 is 5.56. The Hall–Kier alpha value is -1.81. The third kappa shape index (κ3) is 3.99. The summed E-state index contributed by atoms with van der Waals surface area (Å²) in [6, 6.07) is 6.12. The van der Waals surface area contributed by atoms with Gasteiger partial charge in [-0.1, -0.05) is 26.0 Å². The van der Waals surface area contributed by atoms with Gasteiger partial charge in [0.05, 0.1) is 12.3 Å². The van der Waals surface area contributed by atoms with E-state index in [0.29, 0.717) is 6.54 Å². The van der Waals surface area contributed by atoms with E-state index in [1.807, 2.05) is 39.8 Å². The first-order chi connectivity index (χ1) is 11.0. The smallest absolute Gasteiger partial charge is 0.414 e. The Morgan fingerprint density at radius 2 is 2.04 bits per heavy atom. The molecule has 0 aliphatic carbocycles. The van der Waals surface area contributed by atoms with Crippen molar-refractivity contribution in [3.63, 3.8) is 0 Å². The maximum absolute atomic E-state index is 12.6. The number of carbonyl (C=O) groups excluding carboxylic acids is 1. The van der Waals surface area contributed by atoms with Gasteiger partial charge in [0.25, 0.3) is 0 Å². The highest BCUT2D eigenvalue weighted by molar-refractivity contribution is 5.90. The van der Waals surface area contributed by atoms with Gasteiger partial charge in [-0.15, -0.1) is 0 Å². The van der Waals surface area contributed by atoms with Gasteiger partial charge in [0.15, 0.2) is 0 Å². The molecule has 1 aromatic rings. The predicted octanol–water partition coefficient (Wildman–Crippen LogP) is 4.51. The molecule has 0 saturated carbocycles. The molecule has 0 aromatic heterocycles. The maximum atomic E-state index is 12.6. The van der Waals surface area contributed by atoms with Crippen LogP contribution in [0, 0.1) is 0 Å². The highest BCUT2D eigenvalue weighted by Crippen LogP contribution is 2.41. The normalized spacial score (nSPS) is 17.5. The van der Waals surface area contributed by atoms with E-state index in [2.05, 4.69) is 19.9 Å². The number of anilines is 1. The van der Waals surface area contributed by atoms with Gasteiger partial charge in [-0.25, -0.2) is 4.79 Å². The van der Waals surface area contributed by atoms with Gasteiger partial charge in [0.2, 0.25) is 0 Å². The quantitative estimate of drug-likeness (QED) is 0.868. The largest absolute Gasteiger partial charge is 0.443 e. The van der Waals surface area contributed by atoms with Crippen LogP contribution in [0.5, 0.6) is 0 Å². The molecule has 4 heteroatoms. The van der Waals surface area contributed by atoms with Gasteiger partial charge >= 0.3 is 6.09 Å². The number of fused-ring (bicyclic) bond motifs is 1. The van der Waals surface area contributed by atoms with Crippen LogP contribution in [0.2, 0.25) is 0 Å². The zero-order valence-electron chi connectivity index (χ0n) is 15.6. The monoisotopic (exact) mass is 331 g/mol. The van der Waals surface area contributed by atoms with Gasteiger partial charge in [-0.3, -0.25) is 4.90 Å². The Morgan fingerprint density at radius 1 is 1.38 bits per heavy atom. The third-order valence-electron chi connectivity index (χ3n) is 4.44.